The molecule has 2 rings (SSSR count). The molecule has 20 heavy (non-hydrogen) atoms. The summed E-state index contributed by atoms with van der Waals surface area (Å²) in [4.78, 5) is 1.99. The Kier molecular flexibility index (Phi) is 5.12. The van der Waals surface area contributed by atoms with E-state index in [1.165, 1.54) is 24.6 Å². The highest BCUT2D eigenvalue weighted by Gasteiger charge is 2.20. The van der Waals surface area contributed by atoms with Crippen molar-refractivity contribution in [3.8, 4) is 0 Å². The van der Waals surface area contributed by atoms with E-state index in [0.717, 1.165) is 25.5 Å². The van der Waals surface area contributed by atoms with Crippen LogP contribution in [-0.2, 0) is 10.0 Å². The van der Waals surface area contributed by atoms with Crippen molar-refractivity contribution in [3.63, 3.8) is 0 Å². The first-order valence-electron chi connectivity index (χ1n) is 6.99. The smallest absolute Gasteiger partial charge is 0.243 e. The van der Waals surface area contributed by atoms with Crippen molar-refractivity contribution in [2.45, 2.75) is 37.1 Å². The second-order valence-corrected chi connectivity index (χ2v) is 6.94. The van der Waals surface area contributed by atoms with Crippen LogP contribution >= 0.6 is 0 Å². The molecule has 0 bridgehead atoms. The lowest BCUT2D eigenvalue weighted by molar-refractivity contribution is 0.164. The fourth-order valence-electron chi connectivity index (χ4n) is 2.55. The zero-order valence-electron chi connectivity index (χ0n) is 11.7. The number of nitrogens with one attached hydrogen (secondary N) is 1. The Hall–Kier alpha value is -0.980. The summed E-state index contributed by atoms with van der Waals surface area (Å²) in [6.45, 7) is 4.13. The van der Waals surface area contributed by atoms with Crippen LogP contribution < -0.4 is 4.72 Å². The van der Waals surface area contributed by atoms with E-state index in [1.54, 1.807) is 0 Å². The van der Waals surface area contributed by atoms with E-state index in [1.807, 2.05) is 0 Å². The molecule has 1 N–H and O–H groups in total. The predicted octanol–water partition coefficient (Wildman–Crippen LogP) is 1.98. The molecule has 1 aromatic rings. The van der Waals surface area contributed by atoms with Crippen LogP contribution in [0, 0.1) is 5.82 Å². The molecule has 4 nitrogen and oxygen atoms in total. The predicted molar refractivity (Wildman–Crippen MR) is 76.5 cm³/mol. The minimum absolute atomic E-state index is 0.285. The summed E-state index contributed by atoms with van der Waals surface area (Å²) in [6.07, 6.45) is 3.54. The van der Waals surface area contributed by atoms with Crippen molar-refractivity contribution in [1.82, 2.24) is 9.62 Å². The van der Waals surface area contributed by atoms with Crippen molar-refractivity contribution >= 4 is 10.0 Å². The summed E-state index contributed by atoms with van der Waals surface area (Å²) < 4.78 is 40.0. The molecule has 0 radical (unpaired) electrons. The van der Waals surface area contributed by atoms with E-state index in [9.17, 15) is 12.8 Å². The second-order valence-electron chi connectivity index (χ2n) is 5.21. The first-order chi connectivity index (χ1) is 9.50. The third-order valence-corrected chi connectivity index (χ3v) is 5.25. The van der Waals surface area contributed by atoms with Crippen LogP contribution in [0.5, 0.6) is 0 Å². The van der Waals surface area contributed by atoms with Crippen LogP contribution in [0.3, 0.4) is 0 Å². The maximum absolute atomic E-state index is 13.5. The molecule has 1 aliphatic heterocycles. The second kappa shape index (κ2) is 6.65. The quantitative estimate of drug-likeness (QED) is 0.904. The molecule has 0 saturated carbocycles. The van der Waals surface area contributed by atoms with Gasteiger partial charge in [0.25, 0.3) is 0 Å². The van der Waals surface area contributed by atoms with Gasteiger partial charge in [0, 0.05) is 19.1 Å². The minimum atomic E-state index is -3.76. The zero-order chi connectivity index (χ0) is 14.6. The molecule has 1 aromatic carbocycles. The summed E-state index contributed by atoms with van der Waals surface area (Å²) in [5, 5.41) is 0. The highest BCUT2D eigenvalue weighted by Crippen LogP contribution is 2.16. The van der Waals surface area contributed by atoms with E-state index in [-0.39, 0.29) is 4.90 Å². The SMILES string of the molecule is C[C@H]1CCCCN1CCNS(=O)(=O)c1ccccc1F. The standard InChI is InChI=1S/C14H21FN2O2S/c1-12-6-4-5-10-17(12)11-9-16-20(18,19)14-8-3-2-7-13(14)15/h2-3,7-8,12,16H,4-6,9-11H2,1H3/t12-/m0/s1. The van der Waals surface area contributed by atoms with Gasteiger partial charge in [-0.25, -0.2) is 17.5 Å². The largest absolute Gasteiger partial charge is 0.299 e. The Bertz CT molecular complexity index is 548. The van der Waals surface area contributed by atoms with Gasteiger partial charge in [0.1, 0.15) is 10.7 Å². The molecule has 1 heterocycles. The van der Waals surface area contributed by atoms with Crippen LogP contribution in [0.1, 0.15) is 26.2 Å². The number of hydrogen-bond acceptors (Lipinski definition) is 3. The van der Waals surface area contributed by atoms with Crippen LogP contribution in [0.2, 0.25) is 0 Å². The summed E-state index contributed by atoms with van der Waals surface area (Å²) in [5.74, 6) is -0.716. The molecule has 1 aliphatic rings. The van der Waals surface area contributed by atoms with Crippen molar-refractivity contribution in [1.29, 1.82) is 0 Å². The molecule has 6 heteroatoms. The van der Waals surface area contributed by atoms with Gasteiger partial charge >= 0.3 is 0 Å². The number of likely N-dealkylation sites (tertiary alicyclic amines) is 1. The molecular formula is C14H21FN2O2S. The molecule has 0 unspecified atom stereocenters. The van der Waals surface area contributed by atoms with Gasteiger partial charge in [-0.3, -0.25) is 4.90 Å². The Balaban J connectivity index is 1.91. The molecule has 1 saturated heterocycles. The summed E-state index contributed by atoms with van der Waals surface area (Å²) in [6, 6.07) is 5.91. The molecule has 0 spiro atoms. The van der Waals surface area contributed by atoms with Crippen LogP contribution in [0.4, 0.5) is 4.39 Å². The van der Waals surface area contributed by atoms with Crippen LogP contribution in [0.25, 0.3) is 0 Å². The minimum Gasteiger partial charge on any atom is -0.299 e. The molecular weight excluding hydrogens is 279 g/mol. The van der Waals surface area contributed by atoms with Crippen LogP contribution in [-0.4, -0.2) is 39.0 Å². The van der Waals surface area contributed by atoms with E-state index >= 15 is 0 Å². The van der Waals surface area contributed by atoms with Gasteiger partial charge in [-0.15, -0.1) is 0 Å². The summed E-state index contributed by atoms with van der Waals surface area (Å²) >= 11 is 0. The van der Waals surface area contributed by atoms with Crippen molar-refractivity contribution < 1.29 is 12.8 Å². The molecule has 0 aromatic heterocycles. The summed E-state index contributed by atoms with van der Waals surface area (Å²) in [5.41, 5.74) is 0. The Morgan fingerprint density at radius 1 is 1.35 bits per heavy atom. The summed E-state index contributed by atoms with van der Waals surface area (Å²) in [7, 11) is -3.76. The lowest BCUT2D eigenvalue weighted by Gasteiger charge is -2.33. The molecule has 1 atom stereocenters. The molecule has 1 fully saturated rings. The number of nitrogens with zero attached hydrogens (tertiary/aromatic N) is 1. The fourth-order valence-corrected chi connectivity index (χ4v) is 3.65. The molecule has 0 aliphatic carbocycles. The third-order valence-electron chi connectivity index (χ3n) is 3.76. The van der Waals surface area contributed by atoms with Gasteiger partial charge in [-0.2, -0.15) is 0 Å². The van der Waals surface area contributed by atoms with Gasteiger partial charge in [0.05, 0.1) is 0 Å². The first-order valence-corrected chi connectivity index (χ1v) is 8.47. The Morgan fingerprint density at radius 3 is 2.80 bits per heavy atom. The van der Waals surface area contributed by atoms with Crippen LogP contribution in [0.15, 0.2) is 29.2 Å². The average Bonchev–Trinajstić information content (AvgIpc) is 2.41. The normalized spacial score (nSPS) is 21.0. The van der Waals surface area contributed by atoms with Crippen molar-refractivity contribution in [2.24, 2.45) is 0 Å². The highest BCUT2D eigenvalue weighted by molar-refractivity contribution is 7.89. The van der Waals surface area contributed by atoms with Crippen molar-refractivity contribution in [3.05, 3.63) is 30.1 Å². The van der Waals surface area contributed by atoms with Crippen molar-refractivity contribution in [2.75, 3.05) is 19.6 Å². The number of hydrogen-bond donors (Lipinski definition) is 1. The van der Waals surface area contributed by atoms with E-state index < -0.39 is 15.8 Å². The van der Waals surface area contributed by atoms with Gasteiger partial charge in [0.2, 0.25) is 10.0 Å². The molecule has 0 amide bonds. The number of rotatable bonds is 5. The zero-order valence-corrected chi connectivity index (χ0v) is 12.5. The van der Waals surface area contributed by atoms with E-state index in [4.69, 9.17) is 0 Å². The van der Waals surface area contributed by atoms with Gasteiger partial charge in [-0.05, 0) is 38.4 Å². The Labute approximate surface area is 120 Å². The number of halogens is 1. The maximum atomic E-state index is 13.5. The van der Waals surface area contributed by atoms with E-state index in [2.05, 4.69) is 16.5 Å². The van der Waals surface area contributed by atoms with Gasteiger partial charge in [-0.1, -0.05) is 18.6 Å². The number of piperidine rings is 1. The number of sulfonamides is 1. The molecule has 112 valence electrons. The Morgan fingerprint density at radius 2 is 2.10 bits per heavy atom. The first kappa shape index (κ1) is 15.4. The lowest BCUT2D eigenvalue weighted by Crippen LogP contribution is -2.42. The lowest BCUT2D eigenvalue weighted by atomic mass is 10.0. The fraction of sp³-hybridized carbons (Fsp3) is 0.571. The average molecular weight is 300 g/mol. The van der Waals surface area contributed by atoms with E-state index in [0.29, 0.717) is 19.1 Å². The maximum Gasteiger partial charge on any atom is 0.243 e. The number of benzene rings is 1. The third kappa shape index (κ3) is 3.77. The van der Waals surface area contributed by atoms with Gasteiger partial charge < -0.3 is 0 Å². The highest BCUT2D eigenvalue weighted by atomic mass is 32.2. The topological polar surface area (TPSA) is 49.4 Å². The monoisotopic (exact) mass is 300 g/mol. The van der Waals surface area contributed by atoms with Gasteiger partial charge in [0.15, 0.2) is 0 Å².